The first-order valence-electron chi connectivity index (χ1n) is 8.76. The Morgan fingerprint density at radius 2 is 1.80 bits per heavy atom. The van der Waals surface area contributed by atoms with E-state index >= 15 is 0 Å². The van der Waals surface area contributed by atoms with E-state index in [9.17, 15) is 4.79 Å². The van der Waals surface area contributed by atoms with Gasteiger partial charge in [0.05, 0.1) is 12.8 Å². The molecule has 0 spiro atoms. The first kappa shape index (κ1) is 18.6. The van der Waals surface area contributed by atoms with Crippen LogP contribution in [0.15, 0.2) is 53.9 Å². The molecule has 0 saturated carbocycles. The van der Waals surface area contributed by atoms with E-state index in [-0.39, 0.29) is 5.91 Å². The van der Waals surface area contributed by atoms with Gasteiger partial charge in [0.25, 0.3) is 5.91 Å². The van der Waals surface area contributed by atoms with Gasteiger partial charge in [0, 0.05) is 18.0 Å². The van der Waals surface area contributed by atoms with Crippen LogP contribution >= 0.6 is 0 Å². The highest BCUT2D eigenvalue weighted by atomic mass is 16.5. The molecule has 0 aliphatic heterocycles. The second-order valence-corrected chi connectivity index (χ2v) is 5.77. The van der Waals surface area contributed by atoms with E-state index in [1.54, 1.807) is 30.7 Å². The summed E-state index contributed by atoms with van der Waals surface area (Å²) in [5, 5.41) is 3.97. The molecule has 2 rings (SSSR count). The molecular formula is C20H25N3O2. The number of carbonyl (C=O) groups is 1. The minimum Gasteiger partial charge on any atom is -0.494 e. The van der Waals surface area contributed by atoms with Crippen molar-refractivity contribution in [2.24, 2.45) is 5.10 Å². The molecule has 0 radical (unpaired) electrons. The molecule has 132 valence electrons. The molecule has 1 heterocycles. The fourth-order valence-corrected chi connectivity index (χ4v) is 2.28. The Morgan fingerprint density at radius 3 is 2.52 bits per heavy atom. The number of hydrazone groups is 1. The normalized spacial score (nSPS) is 10.8. The quantitative estimate of drug-likeness (QED) is 0.401. The Kier molecular flexibility index (Phi) is 8.18. The van der Waals surface area contributed by atoms with Crippen molar-refractivity contribution in [2.45, 2.75) is 39.0 Å². The van der Waals surface area contributed by atoms with E-state index in [0.717, 1.165) is 24.3 Å². The predicted octanol–water partition coefficient (Wildman–Crippen LogP) is 4.19. The molecule has 0 unspecified atom stereocenters. The molecule has 5 nitrogen and oxygen atoms in total. The van der Waals surface area contributed by atoms with Crippen LogP contribution in [0.3, 0.4) is 0 Å². The van der Waals surface area contributed by atoms with Crippen LogP contribution in [0.5, 0.6) is 5.75 Å². The third kappa shape index (κ3) is 7.16. The summed E-state index contributed by atoms with van der Waals surface area (Å²) in [6.45, 7) is 2.96. The van der Waals surface area contributed by atoms with Gasteiger partial charge in [-0.2, -0.15) is 5.10 Å². The van der Waals surface area contributed by atoms with Gasteiger partial charge in [-0.25, -0.2) is 5.43 Å². The monoisotopic (exact) mass is 339 g/mol. The first-order valence-corrected chi connectivity index (χ1v) is 8.76. The van der Waals surface area contributed by atoms with Crippen molar-refractivity contribution in [2.75, 3.05) is 6.61 Å². The number of carbonyl (C=O) groups excluding carboxylic acids is 1. The van der Waals surface area contributed by atoms with Gasteiger partial charge in [-0.15, -0.1) is 0 Å². The summed E-state index contributed by atoms with van der Waals surface area (Å²) in [7, 11) is 0. The summed E-state index contributed by atoms with van der Waals surface area (Å²) in [6, 6.07) is 10.9. The largest absolute Gasteiger partial charge is 0.494 e. The van der Waals surface area contributed by atoms with E-state index in [4.69, 9.17) is 4.74 Å². The Bertz CT molecular complexity index is 654. The summed E-state index contributed by atoms with van der Waals surface area (Å²) in [4.78, 5) is 15.7. The first-order chi connectivity index (χ1) is 12.3. The van der Waals surface area contributed by atoms with Crippen molar-refractivity contribution in [3.05, 3.63) is 59.9 Å². The molecule has 25 heavy (non-hydrogen) atoms. The standard InChI is InChI=1S/C20H25N3O2/c1-2-3-4-5-6-15-25-19-9-7-17(8-10-19)16-22-23-20(24)18-11-13-21-14-12-18/h7-14,16H,2-6,15H2,1H3,(H,23,24). The highest BCUT2D eigenvalue weighted by Crippen LogP contribution is 2.12. The molecule has 1 aromatic carbocycles. The third-order valence-corrected chi connectivity index (χ3v) is 3.72. The maximum Gasteiger partial charge on any atom is 0.271 e. The second kappa shape index (κ2) is 11.0. The topological polar surface area (TPSA) is 63.6 Å². The number of nitrogens with one attached hydrogen (secondary N) is 1. The lowest BCUT2D eigenvalue weighted by molar-refractivity contribution is 0.0955. The predicted molar refractivity (Wildman–Crippen MR) is 100.0 cm³/mol. The highest BCUT2D eigenvalue weighted by molar-refractivity contribution is 5.94. The van der Waals surface area contributed by atoms with E-state index in [1.807, 2.05) is 24.3 Å². The second-order valence-electron chi connectivity index (χ2n) is 5.77. The zero-order valence-corrected chi connectivity index (χ0v) is 14.6. The van der Waals surface area contributed by atoms with Crippen LogP contribution in [-0.2, 0) is 0 Å². The molecule has 0 aliphatic rings. The molecule has 0 fully saturated rings. The number of pyridine rings is 1. The molecule has 0 saturated heterocycles. The van der Waals surface area contributed by atoms with E-state index < -0.39 is 0 Å². The van der Waals surface area contributed by atoms with Gasteiger partial charge in [0.1, 0.15) is 5.75 Å². The fourth-order valence-electron chi connectivity index (χ4n) is 2.28. The molecule has 1 amide bonds. The maximum atomic E-state index is 11.8. The third-order valence-electron chi connectivity index (χ3n) is 3.72. The van der Waals surface area contributed by atoms with Crippen LogP contribution in [0.25, 0.3) is 0 Å². The molecule has 1 N–H and O–H groups in total. The van der Waals surface area contributed by atoms with Gasteiger partial charge in [0.15, 0.2) is 0 Å². The summed E-state index contributed by atoms with van der Waals surface area (Å²) >= 11 is 0. The molecular weight excluding hydrogens is 314 g/mol. The molecule has 5 heteroatoms. The van der Waals surface area contributed by atoms with Gasteiger partial charge in [0.2, 0.25) is 0 Å². The summed E-state index contributed by atoms with van der Waals surface area (Å²) in [5.74, 6) is 0.593. The summed E-state index contributed by atoms with van der Waals surface area (Å²) in [5.41, 5.74) is 3.91. The summed E-state index contributed by atoms with van der Waals surface area (Å²) < 4.78 is 5.72. The number of benzene rings is 1. The van der Waals surface area contributed by atoms with Gasteiger partial charge >= 0.3 is 0 Å². The number of ether oxygens (including phenoxy) is 1. The lowest BCUT2D eigenvalue weighted by Crippen LogP contribution is -2.17. The lowest BCUT2D eigenvalue weighted by Gasteiger charge is -2.06. The van der Waals surface area contributed by atoms with Gasteiger partial charge < -0.3 is 4.74 Å². The van der Waals surface area contributed by atoms with Gasteiger partial charge in [-0.3, -0.25) is 9.78 Å². The Hall–Kier alpha value is -2.69. The lowest BCUT2D eigenvalue weighted by atomic mass is 10.2. The average Bonchev–Trinajstić information content (AvgIpc) is 2.66. The fraction of sp³-hybridized carbons (Fsp3) is 0.350. The van der Waals surface area contributed by atoms with Crippen molar-refractivity contribution in [3.63, 3.8) is 0 Å². The van der Waals surface area contributed by atoms with Gasteiger partial charge in [-0.05, 0) is 48.4 Å². The van der Waals surface area contributed by atoms with Crippen molar-refractivity contribution in [1.82, 2.24) is 10.4 Å². The summed E-state index contributed by atoms with van der Waals surface area (Å²) in [6.07, 6.45) is 10.9. The SMILES string of the molecule is CCCCCCCOc1ccc(C=NNC(=O)c2ccncc2)cc1. The van der Waals surface area contributed by atoms with Crippen LogP contribution in [0.4, 0.5) is 0 Å². The number of unbranched alkanes of at least 4 members (excludes halogenated alkanes) is 4. The van der Waals surface area contributed by atoms with Crippen LogP contribution in [0.1, 0.15) is 54.9 Å². The molecule has 0 aliphatic carbocycles. The molecule has 1 aromatic heterocycles. The number of aromatic nitrogens is 1. The minimum atomic E-state index is -0.262. The number of hydrogen-bond acceptors (Lipinski definition) is 4. The number of amides is 1. The Morgan fingerprint density at radius 1 is 1.08 bits per heavy atom. The average molecular weight is 339 g/mol. The van der Waals surface area contributed by atoms with Crippen molar-refractivity contribution in [1.29, 1.82) is 0 Å². The molecule has 0 atom stereocenters. The van der Waals surface area contributed by atoms with E-state index in [2.05, 4.69) is 22.4 Å². The maximum absolute atomic E-state index is 11.8. The van der Waals surface area contributed by atoms with Crippen molar-refractivity contribution < 1.29 is 9.53 Å². The molecule has 0 bridgehead atoms. The van der Waals surface area contributed by atoms with Crippen molar-refractivity contribution >= 4 is 12.1 Å². The smallest absolute Gasteiger partial charge is 0.271 e. The van der Waals surface area contributed by atoms with E-state index in [1.165, 1.54) is 25.7 Å². The van der Waals surface area contributed by atoms with Crippen LogP contribution in [0, 0.1) is 0 Å². The minimum absolute atomic E-state index is 0.262. The van der Waals surface area contributed by atoms with Gasteiger partial charge in [-0.1, -0.05) is 32.6 Å². The van der Waals surface area contributed by atoms with E-state index in [0.29, 0.717) is 5.56 Å². The van der Waals surface area contributed by atoms with Crippen LogP contribution in [-0.4, -0.2) is 23.7 Å². The number of nitrogens with zero attached hydrogens (tertiary/aromatic N) is 2. The highest BCUT2D eigenvalue weighted by Gasteiger charge is 2.02. The Labute approximate surface area is 149 Å². The molecule has 2 aromatic rings. The number of hydrogen-bond donors (Lipinski definition) is 1. The zero-order chi connectivity index (χ0) is 17.7. The van der Waals surface area contributed by atoms with Crippen molar-refractivity contribution in [3.8, 4) is 5.75 Å². The zero-order valence-electron chi connectivity index (χ0n) is 14.6. The van der Waals surface area contributed by atoms with Crippen LogP contribution < -0.4 is 10.2 Å². The number of rotatable bonds is 10. The Balaban J connectivity index is 1.71. The van der Waals surface area contributed by atoms with Crippen LogP contribution in [0.2, 0.25) is 0 Å².